The summed E-state index contributed by atoms with van der Waals surface area (Å²) in [6.07, 6.45) is 1.20. The number of carbonyl (C=O) groups excluding carboxylic acids is 1. The number of ether oxygens (including phenoxy) is 1. The van der Waals surface area contributed by atoms with Crippen molar-refractivity contribution in [2.45, 2.75) is 26.2 Å². The van der Waals surface area contributed by atoms with Crippen LogP contribution in [0.1, 0.15) is 17.0 Å². The number of hydrogen-bond donors (Lipinski definition) is 1. The Hall–Kier alpha value is -2.23. The maximum Gasteiger partial charge on any atom is 0.246 e. The Bertz CT molecular complexity index is 864. The molecule has 1 aliphatic heterocycles. The number of sulfonamides is 1. The number of rotatable bonds is 7. The summed E-state index contributed by atoms with van der Waals surface area (Å²) in [5, 5.41) is 7.17. The molecular weight excluding hydrogens is 356 g/mol. The van der Waals surface area contributed by atoms with Gasteiger partial charge in [-0.2, -0.15) is 9.40 Å². The SMILES string of the molecule is CS(=O)(=O)N1CCn2nc(CNC(=O)COCc3ccccc3)cc2C1. The van der Waals surface area contributed by atoms with Crippen molar-refractivity contribution in [1.82, 2.24) is 19.4 Å². The van der Waals surface area contributed by atoms with Crippen LogP contribution in [0.15, 0.2) is 36.4 Å². The molecule has 8 nitrogen and oxygen atoms in total. The van der Waals surface area contributed by atoms with Crippen LogP contribution in [0.4, 0.5) is 0 Å². The Kier molecular flexibility index (Phi) is 5.70. The summed E-state index contributed by atoms with van der Waals surface area (Å²) in [5.74, 6) is -0.218. The number of benzene rings is 1. The average molecular weight is 378 g/mol. The normalized spacial score (nSPS) is 14.8. The second kappa shape index (κ2) is 7.98. The topological polar surface area (TPSA) is 93.5 Å². The maximum atomic E-state index is 11.9. The largest absolute Gasteiger partial charge is 0.367 e. The summed E-state index contributed by atoms with van der Waals surface area (Å²) in [4.78, 5) is 11.9. The Morgan fingerprint density at radius 2 is 2.04 bits per heavy atom. The number of amides is 1. The highest BCUT2D eigenvalue weighted by atomic mass is 32.2. The van der Waals surface area contributed by atoms with Gasteiger partial charge >= 0.3 is 0 Å². The molecule has 2 heterocycles. The molecule has 0 fully saturated rings. The van der Waals surface area contributed by atoms with E-state index in [9.17, 15) is 13.2 Å². The Balaban J connectivity index is 1.45. The van der Waals surface area contributed by atoms with Crippen molar-refractivity contribution in [1.29, 1.82) is 0 Å². The minimum Gasteiger partial charge on any atom is -0.367 e. The van der Waals surface area contributed by atoms with E-state index in [1.165, 1.54) is 10.6 Å². The molecule has 9 heteroatoms. The van der Waals surface area contributed by atoms with Crippen molar-refractivity contribution < 1.29 is 17.9 Å². The van der Waals surface area contributed by atoms with Crippen molar-refractivity contribution >= 4 is 15.9 Å². The fourth-order valence-corrected chi connectivity index (χ4v) is 3.53. The van der Waals surface area contributed by atoms with Crippen LogP contribution in [0.3, 0.4) is 0 Å². The van der Waals surface area contributed by atoms with Crippen molar-refractivity contribution in [2.24, 2.45) is 0 Å². The van der Waals surface area contributed by atoms with E-state index in [1.54, 1.807) is 4.68 Å². The zero-order chi connectivity index (χ0) is 18.6. The van der Waals surface area contributed by atoms with Crippen molar-refractivity contribution in [3.8, 4) is 0 Å². The van der Waals surface area contributed by atoms with E-state index in [1.807, 2.05) is 36.4 Å². The van der Waals surface area contributed by atoms with E-state index in [0.29, 0.717) is 31.9 Å². The first-order valence-electron chi connectivity index (χ1n) is 8.31. The molecule has 1 amide bonds. The monoisotopic (exact) mass is 378 g/mol. The number of carbonyl (C=O) groups is 1. The van der Waals surface area contributed by atoms with Crippen LogP contribution in [0.25, 0.3) is 0 Å². The summed E-state index contributed by atoms with van der Waals surface area (Å²) < 4.78 is 31.9. The fourth-order valence-electron chi connectivity index (χ4n) is 2.75. The summed E-state index contributed by atoms with van der Waals surface area (Å²) >= 11 is 0. The van der Waals surface area contributed by atoms with Crippen LogP contribution in [0.5, 0.6) is 0 Å². The van der Waals surface area contributed by atoms with Crippen molar-refractivity contribution in [3.05, 3.63) is 53.3 Å². The molecule has 1 aromatic carbocycles. The second-order valence-corrected chi connectivity index (χ2v) is 8.18. The Labute approximate surface area is 152 Å². The van der Waals surface area contributed by atoms with Gasteiger partial charge in [0.05, 0.1) is 43.9 Å². The maximum absolute atomic E-state index is 11.9. The quantitative estimate of drug-likeness (QED) is 0.757. The highest BCUT2D eigenvalue weighted by Gasteiger charge is 2.24. The molecule has 0 atom stereocenters. The van der Waals surface area contributed by atoms with Gasteiger partial charge < -0.3 is 10.1 Å². The molecule has 0 radical (unpaired) electrons. The first-order valence-corrected chi connectivity index (χ1v) is 10.2. The van der Waals surface area contributed by atoms with Gasteiger partial charge in [-0.1, -0.05) is 30.3 Å². The minimum atomic E-state index is -3.21. The molecule has 0 saturated heterocycles. The molecule has 0 bridgehead atoms. The third kappa shape index (κ3) is 4.90. The van der Waals surface area contributed by atoms with Gasteiger partial charge in [-0.15, -0.1) is 0 Å². The van der Waals surface area contributed by atoms with Gasteiger partial charge in [0, 0.05) is 6.54 Å². The third-order valence-corrected chi connectivity index (χ3v) is 5.34. The molecule has 1 aromatic heterocycles. The third-order valence-electron chi connectivity index (χ3n) is 4.09. The Morgan fingerprint density at radius 3 is 2.77 bits per heavy atom. The lowest BCUT2D eigenvalue weighted by atomic mass is 10.2. The number of aromatic nitrogens is 2. The zero-order valence-corrected chi connectivity index (χ0v) is 15.4. The first-order chi connectivity index (χ1) is 12.4. The molecule has 0 saturated carbocycles. The standard InChI is InChI=1S/C17H22N4O4S/c1-26(23,24)20-7-8-21-16(11-20)9-15(19-21)10-18-17(22)13-25-12-14-5-3-2-4-6-14/h2-6,9H,7-8,10-13H2,1H3,(H,18,22). The summed E-state index contributed by atoms with van der Waals surface area (Å²) in [7, 11) is -3.21. The van der Waals surface area contributed by atoms with Crippen LogP contribution in [-0.4, -0.2) is 47.8 Å². The predicted octanol–water partition coefficient (Wildman–Crippen LogP) is 0.491. The van der Waals surface area contributed by atoms with E-state index < -0.39 is 10.0 Å². The number of nitrogens with one attached hydrogen (secondary N) is 1. The highest BCUT2D eigenvalue weighted by Crippen LogP contribution is 2.15. The van der Waals surface area contributed by atoms with E-state index in [0.717, 1.165) is 11.3 Å². The molecule has 0 aliphatic carbocycles. The van der Waals surface area contributed by atoms with Gasteiger partial charge in [0.1, 0.15) is 6.61 Å². The predicted molar refractivity (Wildman–Crippen MR) is 95.4 cm³/mol. The molecule has 3 rings (SSSR count). The van der Waals surface area contributed by atoms with Crippen molar-refractivity contribution in [3.63, 3.8) is 0 Å². The first kappa shape index (κ1) is 18.6. The van der Waals surface area contributed by atoms with E-state index in [4.69, 9.17) is 4.74 Å². The second-order valence-electron chi connectivity index (χ2n) is 6.20. The van der Waals surface area contributed by atoms with E-state index >= 15 is 0 Å². The van der Waals surface area contributed by atoms with E-state index in [-0.39, 0.29) is 19.1 Å². The number of fused-ring (bicyclic) bond motifs is 1. The van der Waals surface area contributed by atoms with Gasteiger partial charge in [-0.25, -0.2) is 8.42 Å². The average Bonchev–Trinajstić information content (AvgIpc) is 3.02. The molecular formula is C17H22N4O4S. The summed E-state index contributed by atoms with van der Waals surface area (Å²) in [5.41, 5.74) is 2.54. The lowest BCUT2D eigenvalue weighted by Crippen LogP contribution is -2.37. The van der Waals surface area contributed by atoms with Gasteiger partial charge in [0.15, 0.2) is 0 Å². The highest BCUT2D eigenvalue weighted by molar-refractivity contribution is 7.88. The van der Waals surface area contributed by atoms with E-state index in [2.05, 4.69) is 10.4 Å². The molecule has 1 N–H and O–H groups in total. The lowest BCUT2D eigenvalue weighted by Gasteiger charge is -2.25. The summed E-state index contributed by atoms with van der Waals surface area (Å²) in [6, 6.07) is 11.5. The van der Waals surface area contributed by atoms with Gasteiger partial charge in [-0.05, 0) is 11.6 Å². The molecule has 0 unspecified atom stereocenters. The lowest BCUT2D eigenvalue weighted by molar-refractivity contribution is -0.126. The minimum absolute atomic E-state index is 0.0235. The van der Waals surface area contributed by atoms with Crippen LogP contribution < -0.4 is 5.32 Å². The smallest absolute Gasteiger partial charge is 0.246 e. The molecule has 140 valence electrons. The molecule has 0 spiro atoms. The van der Waals surface area contributed by atoms with Crippen LogP contribution >= 0.6 is 0 Å². The van der Waals surface area contributed by atoms with Crippen LogP contribution in [0, 0.1) is 0 Å². The van der Waals surface area contributed by atoms with Crippen LogP contribution in [-0.2, 0) is 45.8 Å². The number of nitrogens with zero attached hydrogens (tertiary/aromatic N) is 3. The van der Waals surface area contributed by atoms with Gasteiger partial charge in [0.25, 0.3) is 0 Å². The van der Waals surface area contributed by atoms with Crippen molar-refractivity contribution in [2.75, 3.05) is 19.4 Å². The fraction of sp³-hybridized carbons (Fsp3) is 0.412. The van der Waals surface area contributed by atoms with Gasteiger partial charge in [-0.3, -0.25) is 9.48 Å². The number of hydrogen-bond acceptors (Lipinski definition) is 5. The molecule has 1 aliphatic rings. The Morgan fingerprint density at radius 1 is 1.27 bits per heavy atom. The summed E-state index contributed by atoms with van der Waals surface area (Å²) in [6.45, 7) is 1.87. The van der Waals surface area contributed by atoms with Crippen LogP contribution in [0.2, 0.25) is 0 Å². The zero-order valence-electron chi connectivity index (χ0n) is 14.6. The molecule has 26 heavy (non-hydrogen) atoms. The van der Waals surface area contributed by atoms with Gasteiger partial charge in [0.2, 0.25) is 15.9 Å². The molecule has 2 aromatic rings.